The Morgan fingerprint density at radius 1 is 1.38 bits per heavy atom. The summed E-state index contributed by atoms with van der Waals surface area (Å²) in [6.07, 6.45) is 2.23. The topological polar surface area (TPSA) is 32.3 Å². The van der Waals surface area contributed by atoms with E-state index in [4.69, 9.17) is 5.11 Å². The Morgan fingerprint density at radius 2 is 2.19 bits per heavy atom. The Balaban J connectivity index is 2.12. The SMILES string of the molecule is Cc1cccc(CNCCCC(C)CO)c1. The summed E-state index contributed by atoms with van der Waals surface area (Å²) in [6.45, 7) is 6.47. The Bertz CT molecular complexity index is 299. The molecule has 0 aliphatic rings. The Morgan fingerprint density at radius 3 is 2.88 bits per heavy atom. The van der Waals surface area contributed by atoms with Crippen LogP contribution in [0.25, 0.3) is 0 Å². The summed E-state index contributed by atoms with van der Waals surface area (Å²) < 4.78 is 0. The molecule has 0 saturated carbocycles. The first-order valence-electron chi connectivity index (χ1n) is 6.09. The quantitative estimate of drug-likeness (QED) is 0.693. The molecule has 0 spiro atoms. The standard InChI is InChI=1S/C14H23NO/c1-12-5-3-7-14(9-12)10-15-8-4-6-13(2)11-16/h3,5,7,9,13,15-16H,4,6,8,10-11H2,1-2H3. The molecule has 2 nitrogen and oxygen atoms in total. The third-order valence-corrected chi connectivity index (χ3v) is 2.77. The Kier molecular flexibility index (Phi) is 6.12. The maximum absolute atomic E-state index is 8.88. The highest BCUT2D eigenvalue weighted by molar-refractivity contribution is 5.21. The second-order valence-electron chi connectivity index (χ2n) is 4.60. The van der Waals surface area contributed by atoms with Gasteiger partial charge in [0.25, 0.3) is 0 Å². The molecule has 1 rings (SSSR count). The summed E-state index contributed by atoms with van der Waals surface area (Å²) in [5, 5.41) is 12.3. The summed E-state index contributed by atoms with van der Waals surface area (Å²) in [4.78, 5) is 0. The minimum Gasteiger partial charge on any atom is -0.396 e. The lowest BCUT2D eigenvalue weighted by Gasteiger charge is -2.08. The minimum absolute atomic E-state index is 0.303. The number of benzene rings is 1. The van der Waals surface area contributed by atoms with Crippen LogP contribution in [0.1, 0.15) is 30.9 Å². The van der Waals surface area contributed by atoms with Crippen LogP contribution in [0, 0.1) is 12.8 Å². The van der Waals surface area contributed by atoms with Gasteiger partial charge in [0.2, 0.25) is 0 Å². The molecule has 0 fully saturated rings. The zero-order valence-corrected chi connectivity index (χ0v) is 10.4. The van der Waals surface area contributed by atoms with Crippen molar-refractivity contribution < 1.29 is 5.11 Å². The summed E-state index contributed by atoms with van der Waals surface area (Å²) >= 11 is 0. The van der Waals surface area contributed by atoms with Gasteiger partial charge in [-0.3, -0.25) is 0 Å². The lowest BCUT2D eigenvalue weighted by Crippen LogP contribution is -2.16. The van der Waals surface area contributed by atoms with Gasteiger partial charge >= 0.3 is 0 Å². The van der Waals surface area contributed by atoms with E-state index in [-0.39, 0.29) is 0 Å². The van der Waals surface area contributed by atoms with Gasteiger partial charge in [0.15, 0.2) is 0 Å². The molecule has 0 aliphatic carbocycles. The van der Waals surface area contributed by atoms with Gasteiger partial charge in [0.05, 0.1) is 0 Å². The molecule has 1 unspecified atom stereocenters. The van der Waals surface area contributed by atoms with E-state index < -0.39 is 0 Å². The number of rotatable bonds is 7. The minimum atomic E-state index is 0.303. The van der Waals surface area contributed by atoms with Gasteiger partial charge in [-0.2, -0.15) is 0 Å². The molecule has 1 aromatic carbocycles. The van der Waals surface area contributed by atoms with E-state index in [1.165, 1.54) is 11.1 Å². The second-order valence-corrected chi connectivity index (χ2v) is 4.60. The third-order valence-electron chi connectivity index (χ3n) is 2.77. The zero-order chi connectivity index (χ0) is 11.8. The fraction of sp³-hybridized carbons (Fsp3) is 0.571. The van der Waals surface area contributed by atoms with E-state index in [1.54, 1.807) is 0 Å². The van der Waals surface area contributed by atoms with Crippen molar-refractivity contribution in [1.82, 2.24) is 5.32 Å². The summed E-state index contributed by atoms with van der Waals surface area (Å²) in [5.41, 5.74) is 2.66. The molecular weight excluding hydrogens is 198 g/mol. The molecule has 0 aliphatic heterocycles. The first-order valence-corrected chi connectivity index (χ1v) is 6.09. The van der Waals surface area contributed by atoms with Crippen molar-refractivity contribution in [2.45, 2.75) is 33.2 Å². The fourth-order valence-corrected chi connectivity index (χ4v) is 1.72. The first kappa shape index (κ1) is 13.2. The number of aryl methyl sites for hydroxylation is 1. The highest BCUT2D eigenvalue weighted by Gasteiger charge is 1.99. The van der Waals surface area contributed by atoms with Gasteiger partial charge in [-0.15, -0.1) is 0 Å². The van der Waals surface area contributed by atoms with Crippen molar-refractivity contribution in [2.24, 2.45) is 5.92 Å². The second kappa shape index (κ2) is 7.42. The predicted octanol–water partition coefficient (Wildman–Crippen LogP) is 2.49. The van der Waals surface area contributed by atoms with Crippen LogP contribution in [0.5, 0.6) is 0 Å². The average molecular weight is 221 g/mol. The molecular formula is C14H23NO. The highest BCUT2D eigenvalue weighted by Crippen LogP contribution is 2.05. The Labute approximate surface area is 98.7 Å². The molecule has 2 N–H and O–H groups in total. The third kappa shape index (κ3) is 5.29. The first-order chi connectivity index (χ1) is 7.72. The van der Waals surface area contributed by atoms with Gasteiger partial charge in [0.1, 0.15) is 0 Å². The lowest BCUT2D eigenvalue weighted by molar-refractivity contribution is 0.228. The van der Waals surface area contributed by atoms with Crippen LogP contribution >= 0.6 is 0 Å². The van der Waals surface area contributed by atoms with Gasteiger partial charge in [-0.25, -0.2) is 0 Å². The number of hydrogen-bond donors (Lipinski definition) is 2. The zero-order valence-electron chi connectivity index (χ0n) is 10.4. The molecule has 1 aromatic rings. The van der Waals surface area contributed by atoms with Gasteiger partial charge < -0.3 is 10.4 Å². The molecule has 0 bridgehead atoms. The molecule has 0 radical (unpaired) electrons. The molecule has 1 atom stereocenters. The van der Waals surface area contributed by atoms with Crippen LogP contribution in [0.3, 0.4) is 0 Å². The predicted molar refractivity (Wildman–Crippen MR) is 68.4 cm³/mol. The molecule has 2 heteroatoms. The van der Waals surface area contributed by atoms with Crippen LogP contribution in [0.2, 0.25) is 0 Å². The summed E-state index contributed by atoms with van der Waals surface area (Å²) in [7, 11) is 0. The van der Waals surface area contributed by atoms with Crippen LogP contribution in [0.15, 0.2) is 24.3 Å². The van der Waals surface area contributed by atoms with E-state index >= 15 is 0 Å². The van der Waals surface area contributed by atoms with Crippen LogP contribution < -0.4 is 5.32 Å². The van der Waals surface area contributed by atoms with Gasteiger partial charge in [0, 0.05) is 13.2 Å². The van der Waals surface area contributed by atoms with Crippen LogP contribution in [-0.4, -0.2) is 18.3 Å². The molecule has 90 valence electrons. The van der Waals surface area contributed by atoms with E-state index in [1.807, 2.05) is 0 Å². The van der Waals surface area contributed by atoms with Crippen molar-refractivity contribution in [1.29, 1.82) is 0 Å². The number of hydrogen-bond acceptors (Lipinski definition) is 2. The lowest BCUT2D eigenvalue weighted by atomic mass is 10.1. The molecule has 16 heavy (non-hydrogen) atoms. The van der Waals surface area contributed by atoms with Crippen molar-refractivity contribution >= 4 is 0 Å². The smallest absolute Gasteiger partial charge is 0.0456 e. The maximum atomic E-state index is 8.88. The van der Waals surface area contributed by atoms with Crippen molar-refractivity contribution in [3.63, 3.8) is 0 Å². The van der Waals surface area contributed by atoms with Crippen LogP contribution in [-0.2, 0) is 6.54 Å². The molecule has 0 heterocycles. The average Bonchev–Trinajstić information content (AvgIpc) is 2.28. The summed E-state index contributed by atoms with van der Waals surface area (Å²) in [5.74, 6) is 0.431. The number of aliphatic hydroxyl groups excluding tert-OH is 1. The van der Waals surface area contributed by atoms with Crippen LogP contribution in [0.4, 0.5) is 0 Å². The maximum Gasteiger partial charge on any atom is 0.0456 e. The normalized spacial score (nSPS) is 12.7. The van der Waals surface area contributed by atoms with Crippen molar-refractivity contribution in [3.05, 3.63) is 35.4 Å². The molecule has 0 amide bonds. The summed E-state index contributed by atoms with van der Waals surface area (Å²) in [6, 6.07) is 8.58. The van der Waals surface area contributed by atoms with E-state index in [0.717, 1.165) is 25.9 Å². The molecule has 0 aromatic heterocycles. The van der Waals surface area contributed by atoms with Crippen molar-refractivity contribution in [2.75, 3.05) is 13.2 Å². The molecule has 0 saturated heterocycles. The van der Waals surface area contributed by atoms with Gasteiger partial charge in [-0.1, -0.05) is 36.8 Å². The number of aliphatic hydroxyl groups is 1. The van der Waals surface area contributed by atoms with E-state index in [2.05, 4.69) is 43.4 Å². The number of nitrogens with one attached hydrogen (secondary N) is 1. The largest absolute Gasteiger partial charge is 0.396 e. The highest BCUT2D eigenvalue weighted by atomic mass is 16.3. The van der Waals surface area contributed by atoms with Gasteiger partial charge in [-0.05, 0) is 37.8 Å². The monoisotopic (exact) mass is 221 g/mol. The van der Waals surface area contributed by atoms with E-state index in [9.17, 15) is 0 Å². The van der Waals surface area contributed by atoms with Crippen molar-refractivity contribution in [3.8, 4) is 0 Å². The fourth-order valence-electron chi connectivity index (χ4n) is 1.72. The Hall–Kier alpha value is -0.860. The van der Waals surface area contributed by atoms with E-state index in [0.29, 0.717) is 12.5 Å².